The highest BCUT2D eigenvalue weighted by Gasteiger charge is 2.17. The van der Waals surface area contributed by atoms with Gasteiger partial charge in [-0.15, -0.1) is 11.3 Å². The lowest BCUT2D eigenvalue weighted by molar-refractivity contribution is 0.413. The van der Waals surface area contributed by atoms with Gasteiger partial charge in [-0.2, -0.15) is 0 Å². The van der Waals surface area contributed by atoms with Crippen molar-refractivity contribution in [2.45, 2.75) is 26.4 Å². The van der Waals surface area contributed by atoms with Crippen LogP contribution >= 0.6 is 11.3 Å². The van der Waals surface area contributed by atoms with Crippen molar-refractivity contribution in [1.82, 2.24) is 5.32 Å². The van der Waals surface area contributed by atoms with Gasteiger partial charge in [0.05, 0.1) is 7.11 Å². The number of rotatable bonds is 6. The van der Waals surface area contributed by atoms with E-state index in [1.54, 1.807) is 30.6 Å². The molecule has 0 saturated heterocycles. The number of benzene rings is 1. The molecule has 0 aliphatic carbocycles. The zero-order valence-corrected chi connectivity index (χ0v) is 14.9. The van der Waals surface area contributed by atoms with Crippen molar-refractivity contribution in [3.8, 4) is 5.75 Å². The van der Waals surface area contributed by atoms with Gasteiger partial charge in [-0.3, -0.25) is 0 Å². The average molecular weight is 343 g/mol. The molecule has 3 rings (SSSR count). The number of hydrogen-bond donors (Lipinski definition) is 1. The second-order valence-electron chi connectivity index (χ2n) is 6.07. The summed E-state index contributed by atoms with van der Waals surface area (Å²) in [4.78, 5) is 13.2. The summed E-state index contributed by atoms with van der Waals surface area (Å²) in [7, 11) is 1.60. The molecule has 0 radical (unpaired) electrons. The Bertz CT molecular complexity index is 868. The van der Waals surface area contributed by atoms with Gasteiger partial charge >= 0.3 is 5.63 Å². The highest BCUT2D eigenvalue weighted by molar-refractivity contribution is 7.10. The molecule has 1 atom stereocenters. The Labute approximate surface area is 145 Å². The second kappa shape index (κ2) is 7.20. The smallest absolute Gasteiger partial charge is 0.336 e. The topological polar surface area (TPSA) is 51.5 Å². The first-order chi connectivity index (χ1) is 11.6. The second-order valence-corrected chi connectivity index (χ2v) is 7.05. The number of fused-ring (bicyclic) bond motifs is 1. The van der Waals surface area contributed by atoms with E-state index in [-0.39, 0.29) is 11.7 Å². The fourth-order valence-electron chi connectivity index (χ4n) is 2.84. The zero-order chi connectivity index (χ0) is 17.1. The molecule has 0 saturated carbocycles. The third-order valence-corrected chi connectivity index (χ3v) is 5.02. The van der Waals surface area contributed by atoms with Crippen LogP contribution in [-0.4, -0.2) is 7.11 Å². The molecule has 1 N–H and O–H groups in total. The molecule has 0 amide bonds. The zero-order valence-electron chi connectivity index (χ0n) is 14.0. The lowest BCUT2D eigenvalue weighted by Crippen LogP contribution is -2.25. The molecule has 0 bridgehead atoms. The van der Waals surface area contributed by atoms with Crippen molar-refractivity contribution in [3.05, 3.63) is 62.6 Å². The number of methoxy groups -OCH3 is 1. The Morgan fingerprint density at radius 2 is 2.08 bits per heavy atom. The van der Waals surface area contributed by atoms with Crippen molar-refractivity contribution in [2.24, 2.45) is 5.92 Å². The fraction of sp³-hybridized carbons (Fsp3) is 0.316. The van der Waals surface area contributed by atoms with Crippen LogP contribution in [0.15, 0.2) is 51.0 Å². The van der Waals surface area contributed by atoms with Gasteiger partial charge in [0.25, 0.3) is 0 Å². The standard InChI is InChI=1S/C19H21NO3S/c1-12(2)19(17-5-4-8-24-17)20-11-13-9-18(21)23-16-10-14(22-3)6-7-15(13)16/h4-10,12,19-20H,11H2,1-3H3/t19-/m0/s1. The summed E-state index contributed by atoms with van der Waals surface area (Å²) in [6, 6.07) is 11.6. The van der Waals surface area contributed by atoms with E-state index >= 15 is 0 Å². The summed E-state index contributed by atoms with van der Waals surface area (Å²) in [5.74, 6) is 1.13. The predicted molar refractivity (Wildman–Crippen MR) is 97.8 cm³/mol. The molecule has 0 aliphatic heterocycles. The van der Waals surface area contributed by atoms with Gasteiger partial charge in [0.15, 0.2) is 0 Å². The van der Waals surface area contributed by atoms with Gasteiger partial charge in [-0.1, -0.05) is 19.9 Å². The Balaban J connectivity index is 1.90. The normalized spacial score (nSPS) is 12.7. The largest absolute Gasteiger partial charge is 0.497 e. The maximum absolute atomic E-state index is 11.9. The van der Waals surface area contributed by atoms with Gasteiger partial charge in [0, 0.05) is 35.0 Å². The van der Waals surface area contributed by atoms with Crippen LogP contribution in [0.3, 0.4) is 0 Å². The number of thiophene rings is 1. The van der Waals surface area contributed by atoms with Gasteiger partial charge < -0.3 is 14.5 Å². The van der Waals surface area contributed by atoms with E-state index in [4.69, 9.17) is 9.15 Å². The monoisotopic (exact) mass is 343 g/mol. The minimum atomic E-state index is -0.343. The van der Waals surface area contributed by atoms with Crippen LogP contribution in [0.1, 0.15) is 30.3 Å². The van der Waals surface area contributed by atoms with Crippen molar-refractivity contribution in [2.75, 3.05) is 7.11 Å². The van der Waals surface area contributed by atoms with E-state index in [0.29, 0.717) is 23.8 Å². The molecule has 2 heterocycles. The summed E-state index contributed by atoms with van der Waals surface area (Å²) in [5.41, 5.74) is 1.15. The number of hydrogen-bond acceptors (Lipinski definition) is 5. The Morgan fingerprint density at radius 3 is 2.75 bits per heavy atom. The predicted octanol–water partition coefficient (Wildman–Crippen LogP) is 4.35. The van der Waals surface area contributed by atoms with E-state index in [0.717, 1.165) is 10.9 Å². The molecule has 126 valence electrons. The number of ether oxygens (including phenoxy) is 1. The van der Waals surface area contributed by atoms with E-state index < -0.39 is 0 Å². The fourth-order valence-corrected chi connectivity index (χ4v) is 3.81. The van der Waals surface area contributed by atoms with Crippen molar-refractivity contribution < 1.29 is 9.15 Å². The first-order valence-corrected chi connectivity index (χ1v) is 8.84. The average Bonchev–Trinajstić information content (AvgIpc) is 3.08. The highest BCUT2D eigenvalue weighted by Crippen LogP contribution is 2.27. The van der Waals surface area contributed by atoms with Crippen LogP contribution in [0.2, 0.25) is 0 Å². The first-order valence-electron chi connectivity index (χ1n) is 7.96. The Morgan fingerprint density at radius 1 is 1.25 bits per heavy atom. The lowest BCUT2D eigenvalue weighted by Gasteiger charge is -2.21. The summed E-state index contributed by atoms with van der Waals surface area (Å²) < 4.78 is 10.5. The van der Waals surface area contributed by atoms with Gasteiger partial charge in [-0.05, 0) is 35.1 Å². The molecule has 24 heavy (non-hydrogen) atoms. The lowest BCUT2D eigenvalue weighted by atomic mass is 10.0. The van der Waals surface area contributed by atoms with E-state index in [1.165, 1.54) is 4.88 Å². The maximum Gasteiger partial charge on any atom is 0.336 e. The summed E-state index contributed by atoms with van der Waals surface area (Å²) in [6.07, 6.45) is 0. The third kappa shape index (κ3) is 3.52. The van der Waals surface area contributed by atoms with Crippen LogP contribution in [0.4, 0.5) is 0 Å². The van der Waals surface area contributed by atoms with Crippen molar-refractivity contribution >= 4 is 22.3 Å². The minimum absolute atomic E-state index is 0.255. The van der Waals surface area contributed by atoms with Crippen molar-refractivity contribution in [1.29, 1.82) is 0 Å². The minimum Gasteiger partial charge on any atom is -0.497 e. The van der Waals surface area contributed by atoms with Crippen LogP contribution in [0.5, 0.6) is 5.75 Å². The molecular weight excluding hydrogens is 322 g/mol. The molecule has 1 aromatic carbocycles. The summed E-state index contributed by atoms with van der Waals surface area (Å²) in [5, 5.41) is 6.60. The van der Waals surface area contributed by atoms with E-state index in [1.807, 2.05) is 12.1 Å². The molecule has 5 heteroatoms. The first kappa shape index (κ1) is 16.7. The number of nitrogens with one attached hydrogen (secondary N) is 1. The van der Waals surface area contributed by atoms with Crippen molar-refractivity contribution in [3.63, 3.8) is 0 Å². The molecule has 0 aliphatic rings. The Hall–Kier alpha value is -2.11. The quantitative estimate of drug-likeness (QED) is 0.676. The Kier molecular flexibility index (Phi) is 5.02. The summed E-state index contributed by atoms with van der Waals surface area (Å²) >= 11 is 1.75. The van der Waals surface area contributed by atoms with Gasteiger partial charge in [0.2, 0.25) is 0 Å². The van der Waals surface area contributed by atoms with Gasteiger partial charge in [0.1, 0.15) is 11.3 Å². The molecule has 4 nitrogen and oxygen atoms in total. The van der Waals surface area contributed by atoms with Crippen LogP contribution < -0.4 is 15.7 Å². The van der Waals surface area contributed by atoms with Gasteiger partial charge in [-0.25, -0.2) is 4.79 Å². The molecule has 2 aromatic heterocycles. The van der Waals surface area contributed by atoms with E-state index in [9.17, 15) is 4.79 Å². The molecule has 0 fully saturated rings. The molecule has 0 unspecified atom stereocenters. The SMILES string of the molecule is COc1ccc2c(CN[C@H](c3cccs3)C(C)C)cc(=O)oc2c1. The van der Waals surface area contributed by atoms with Crippen LogP contribution in [0, 0.1) is 5.92 Å². The van der Waals surface area contributed by atoms with Crippen LogP contribution in [0.25, 0.3) is 11.0 Å². The molecule has 3 aromatic rings. The maximum atomic E-state index is 11.9. The summed E-state index contributed by atoms with van der Waals surface area (Å²) in [6.45, 7) is 4.99. The highest BCUT2D eigenvalue weighted by atomic mass is 32.1. The van der Waals surface area contributed by atoms with E-state index in [2.05, 4.69) is 36.7 Å². The molecule has 0 spiro atoms. The van der Waals surface area contributed by atoms with Crippen LogP contribution in [-0.2, 0) is 6.54 Å². The third-order valence-electron chi connectivity index (χ3n) is 4.07. The molecular formula is C19H21NO3S.